The zero-order valence-electron chi connectivity index (χ0n) is 10.7. The van der Waals surface area contributed by atoms with Gasteiger partial charge in [0.1, 0.15) is 17.3 Å². The second kappa shape index (κ2) is 4.79. The van der Waals surface area contributed by atoms with E-state index in [-0.39, 0.29) is 0 Å². The molecule has 0 bridgehead atoms. The molecule has 0 saturated heterocycles. The number of hydrogen-bond donors (Lipinski definition) is 0. The fourth-order valence-electron chi connectivity index (χ4n) is 2.60. The SMILES string of the molecule is CCC1=C(c2ccc(F)cc2F)CCC(C)(F)C1. The largest absolute Gasteiger partial charge is 0.244 e. The Hall–Kier alpha value is -1.25. The van der Waals surface area contributed by atoms with Crippen LogP contribution in [0.5, 0.6) is 0 Å². The van der Waals surface area contributed by atoms with Gasteiger partial charge in [-0.15, -0.1) is 0 Å². The van der Waals surface area contributed by atoms with E-state index in [1.54, 1.807) is 6.92 Å². The van der Waals surface area contributed by atoms with Crippen molar-refractivity contribution in [2.24, 2.45) is 0 Å². The van der Waals surface area contributed by atoms with Crippen LogP contribution in [-0.4, -0.2) is 5.67 Å². The fraction of sp³-hybridized carbons (Fsp3) is 0.467. The van der Waals surface area contributed by atoms with Crippen molar-refractivity contribution in [2.45, 2.75) is 45.2 Å². The van der Waals surface area contributed by atoms with Crippen molar-refractivity contribution in [1.29, 1.82) is 0 Å². The summed E-state index contributed by atoms with van der Waals surface area (Å²) in [5.41, 5.74) is 1.01. The summed E-state index contributed by atoms with van der Waals surface area (Å²) in [5, 5.41) is 0. The van der Waals surface area contributed by atoms with Crippen molar-refractivity contribution < 1.29 is 13.2 Å². The lowest BCUT2D eigenvalue weighted by molar-refractivity contribution is 0.170. The molecule has 0 spiro atoms. The van der Waals surface area contributed by atoms with Crippen molar-refractivity contribution in [1.82, 2.24) is 0 Å². The summed E-state index contributed by atoms with van der Waals surface area (Å²) in [4.78, 5) is 0. The molecule has 0 saturated carbocycles. The van der Waals surface area contributed by atoms with Crippen LogP contribution in [0.25, 0.3) is 5.57 Å². The molecule has 1 aliphatic carbocycles. The van der Waals surface area contributed by atoms with E-state index in [1.165, 1.54) is 12.1 Å². The maximum atomic E-state index is 14.0. The predicted octanol–water partition coefficient (Wildman–Crippen LogP) is 5.04. The zero-order valence-corrected chi connectivity index (χ0v) is 10.7. The van der Waals surface area contributed by atoms with Crippen LogP contribution >= 0.6 is 0 Å². The summed E-state index contributed by atoms with van der Waals surface area (Å²) in [6.45, 7) is 3.53. The molecule has 0 fully saturated rings. The minimum absolute atomic E-state index is 0.343. The van der Waals surface area contributed by atoms with Crippen LogP contribution in [0.15, 0.2) is 23.8 Å². The number of hydrogen-bond acceptors (Lipinski definition) is 0. The third-order valence-electron chi connectivity index (χ3n) is 3.59. The Labute approximate surface area is 106 Å². The van der Waals surface area contributed by atoms with E-state index in [4.69, 9.17) is 0 Å². The lowest BCUT2D eigenvalue weighted by Crippen LogP contribution is -2.23. The Morgan fingerprint density at radius 3 is 2.61 bits per heavy atom. The Morgan fingerprint density at radius 1 is 1.28 bits per heavy atom. The summed E-state index contributed by atoms with van der Waals surface area (Å²) >= 11 is 0. The van der Waals surface area contributed by atoms with Gasteiger partial charge in [0.25, 0.3) is 0 Å². The highest BCUT2D eigenvalue weighted by Crippen LogP contribution is 2.41. The maximum absolute atomic E-state index is 14.0. The van der Waals surface area contributed by atoms with Gasteiger partial charge in [-0.3, -0.25) is 0 Å². The van der Waals surface area contributed by atoms with E-state index < -0.39 is 17.3 Å². The van der Waals surface area contributed by atoms with E-state index in [0.29, 0.717) is 31.2 Å². The fourth-order valence-corrected chi connectivity index (χ4v) is 2.60. The minimum Gasteiger partial charge on any atom is -0.244 e. The summed E-state index contributed by atoms with van der Waals surface area (Å²) < 4.78 is 40.6. The van der Waals surface area contributed by atoms with E-state index in [0.717, 1.165) is 17.2 Å². The van der Waals surface area contributed by atoms with Crippen LogP contribution in [0.4, 0.5) is 13.2 Å². The molecule has 0 amide bonds. The number of benzene rings is 1. The maximum Gasteiger partial charge on any atom is 0.133 e. The molecule has 3 heteroatoms. The molecule has 2 rings (SSSR count). The zero-order chi connectivity index (χ0) is 13.3. The summed E-state index contributed by atoms with van der Waals surface area (Å²) in [6, 6.07) is 3.59. The van der Waals surface area contributed by atoms with Gasteiger partial charge in [-0.2, -0.15) is 0 Å². The van der Waals surface area contributed by atoms with Gasteiger partial charge in [-0.1, -0.05) is 12.5 Å². The normalized spacial score (nSPS) is 24.5. The van der Waals surface area contributed by atoms with Gasteiger partial charge in [-0.05, 0) is 43.9 Å². The first kappa shape index (κ1) is 13.2. The monoisotopic (exact) mass is 254 g/mol. The summed E-state index contributed by atoms with van der Waals surface area (Å²) in [5.74, 6) is -1.14. The molecule has 98 valence electrons. The van der Waals surface area contributed by atoms with Crippen LogP contribution in [-0.2, 0) is 0 Å². The van der Waals surface area contributed by atoms with Crippen molar-refractivity contribution >= 4 is 5.57 Å². The van der Waals surface area contributed by atoms with Crippen molar-refractivity contribution in [2.75, 3.05) is 0 Å². The van der Waals surface area contributed by atoms with Gasteiger partial charge in [0.15, 0.2) is 0 Å². The molecule has 1 aromatic rings. The highest BCUT2D eigenvalue weighted by molar-refractivity contribution is 5.70. The molecular weight excluding hydrogens is 237 g/mol. The van der Waals surface area contributed by atoms with Crippen molar-refractivity contribution in [3.8, 4) is 0 Å². The smallest absolute Gasteiger partial charge is 0.133 e. The van der Waals surface area contributed by atoms with Gasteiger partial charge >= 0.3 is 0 Å². The Balaban J connectivity index is 2.45. The number of rotatable bonds is 2. The topological polar surface area (TPSA) is 0 Å². The molecule has 0 N–H and O–H groups in total. The summed E-state index contributed by atoms with van der Waals surface area (Å²) in [7, 11) is 0. The molecule has 18 heavy (non-hydrogen) atoms. The third kappa shape index (κ3) is 2.60. The first-order valence-electron chi connectivity index (χ1n) is 6.28. The van der Waals surface area contributed by atoms with E-state index in [2.05, 4.69) is 0 Å². The molecule has 0 heterocycles. The predicted molar refractivity (Wildman–Crippen MR) is 66.9 cm³/mol. The molecule has 1 unspecified atom stereocenters. The summed E-state index contributed by atoms with van der Waals surface area (Å²) in [6.07, 6.45) is 1.95. The molecule has 1 aliphatic rings. The van der Waals surface area contributed by atoms with Crippen molar-refractivity contribution in [3.05, 3.63) is 41.0 Å². The molecule has 1 aromatic carbocycles. The van der Waals surface area contributed by atoms with E-state index in [1.807, 2.05) is 6.92 Å². The Kier molecular flexibility index (Phi) is 3.51. The van der Waals surface area contributed by atoms with Crippen molar-refractivity contribution in [3.63, 3.8) is 0 Å². The molecule has 0 nitrogen and oxygen atoms in total. The van der Waals surface area contributed by atoms with Crippen LogP contribution in [0.3, 0.4) is 0 Å². The lowest BCUT2D eigenvalue weighted by atomic mass is 9.79. The van der Waals surface area contributed by atoms with Gasteiger partial charge in [-0.25, -0.2) is 13.2 Å². The van der Waals surface area contributed by atoms with E-state index in [9.17, 15) is 13.2 Å². The molecule has 1 atom stereocenters. The van der Waals surface area contributed by atoms with Gasteiger partial charge in [0.05, 0.1) is 0 Å². The highest BCUT2D eigenvalue weighted by atomic mass is 19.1. The number of allylic oxidation sites excluding steroid dienone is 2. The van der Waals surface area contributed by atoms with Gasteiger partial charge in [0, 0.05) is 18.1 Å². The minimum atomic E-state index is -1.20. The standard InChI is InChI=1S/C15H17F3/c1-3-10-9-15(2,18)7-6-12(10)13-5-4-11(16)8-14(13)17/h4-5,8H,3,6-7,9H2,1-2H3. The second-order valence-electron chi connectivity index (χ2n) is 5.15. The van der Waals surface area contributed by atoms with Crippen LogP contribution < -0.4 is 0 Å². The van der Waals surface area contributed by atoms with Gasteiger partial charge < -0.3 is 0 Å². The van der Waals surface area contributed by atoms with Gasteiger partial charge in [0.2, 0.25) is 0 Å². The highest BCUT2D eigenvalue weighted by Gasteiger charge is 2.31. The number of alkyl halides is 1. The van der Waals surface area contributed by atoms with Crippen LogP contribution in [0.1, 0.15) is 45.1 Å². The lowest BCUT2D eigenvalue weighted by Gasteiger charge is -2.30. The second-order valence-corrected chi connectivity index (χ2v) is 5.15. The average Bonchev–Trinajstić information content (AvgIpc) is 2.29. The average molecular weight is 254 g/mol. The quantitative estimate of drug-likeness (QED) is 0.693. The number of halogens is 3. The molecule has 0 aliphatic heterocycles. The Morgan fingerprint density at radius 2 is 2.00 bits per heavy atom. The molecular formula is C15H17F3. The molecule has 0 aromatic heterocycles. The molecule has 0 radical (unpaired) electrons. The van der Waals surface area contributed by atoms with E-state index >= 15 is 0 Å². The first-order chi connectivity index (χ1) is 8.43. The van der Waals surface area contributed by atoms with Crippen LogP contribution in [0.2, 0.25) is 0 Å². The Bertz CT molecular complexity index is 487. The third-order valence-corrected chi connectivity index (χ3v) is 3.59. The first-order valence-corrected chi connectivity index (χ1v) is 6.28. The van der Waals surface area contributed by atoms with Crippen LogP contribution in [0, 0.1) is 11.6 Å².